The zero-order valence-electron chi connectivity index (χ0n) is 13.6. The highest BCUT2D eigenvalue weighted by Crippen LogP contribution is 2.20. The summed E-state index contributed by atoms with van der Waals surface area (Å²) in [5, 5.41) is 5.58. The third kappa shape index (κ3) is 6.39. The Morgan fingerprint density at radius 2 is 2.35 bits per heavy atom. The van der Waals surface area contributed by atoms with Crippen molar-refractivity contribution in [3.8, 4) is 0 Å². The van der Waals surface area contributed by atoms with Crippen LogP contribution >= 0.6 is 23.1 Å². The van der Waals surface area contributed by atoms with Crippen molar-refractivity contribution in [1.82, 2.24) is 15.2 Å². The summed E-state index contributed by atoms with van der Waals surface area (Å²) < 4.78 is 5.32. The number of amides is 1. The summed E-state index contributed by atoms with van der Waals surface area (Å²) in [5.74, 6) is 0.899. The van der Waals surface area contributed by atoms with Crippen LogP contribution in [0.15, 0.2) is 5.38 Å². The van der Waals surface area contributed by atoms with Gasteiger partial charge in [0.25, 0.3) is 5.91 Å². The Morgan fingerprint density at radius 1 is 1.57 bits per heavy atom. The Morgan fingerprint density at radius 3 is 3.09 bits per heavy atom. The molecule has 0 aromatic carbocycles. The van der Waals surface area contributed by atoms with Gasteiger partial charge in [0.2, 0.25) is 0 Å². The molecule has 2 heterocycles. The van der Waals surface area contributed by atoms with Gasteiger partial charge in [0, 0.05) is 25.0 Å². The third-order valence-corrected chi connectivity index (χ3v) is 5.37. The van der Waals surface area contributed by atoms with Crippen molar-refractivity contribution in [2.45, 2.75) is 18.9 Å². The molecule has 0 saturated carbocycles. The number of hydrogen-bond donors (Lipinski definition) is 2. The number of thiazole rings is 1. The average molecular weight is 359 g/mol. The van der Waals surface area contributed by atoms with Crippen molar-refractivity contribution in [1.29, 1.82) is 0 Å². The smallest absolute Gasteiger partial charge is 0.270 e. The van der Waals surface area contributed by atoms with E-state index in [1.165, 1.54) is 11.3 Å². The number of carbonyl (C=O) groups is 1. The highest BCUT2D eigenvalue weighted by molar-refractivity contribution is 7.98. The molecule has 0 spiro atoms. The highest BCUT2D eigenvalue weighted by Gasteiger charge is 2.15. The van der Waals surface area contributed by atoms with Gasteiger partial charge in [-0.15, -0.1) is 11.3 Å². The molecular formula is C15H26N4O2S2. The summed E-state index contributed by atoms with van der Waals surface area (Å²) in [6, 6.07) is -0.0738. The molecule has 1 saturated heterocycles. The molecule has 6 nitrogen and oxygen atoms in total. The summed E-state index contributed by atoms with van der Waals surface area (Å²) in [7, 11) is 0. The molecule has 2 rings (SSSR count). The first-order chi connectivity index (χ1) is 11.2. The maximum atomic E-state index is 12.1. The van der Waals surface area contributed by atoms with E-state index >= 15 is 0 Å². The fraction of sp³-hybridized carbons (Fsp3) is 0.733. The minimum absolute atomic E-state index is 0.0738. The van der Waals surface area contributed by atoms with E-state index in [9.17, 15) is 4.79 Å². The van der Waals surface area contributed by atoms with Crippen molar-refractivity contribution in [3.63, 3.8) is 0 Å². The van der Waals surface area contributed by atoms with Gasteiger partial charge in [0.05, 0.1) is 19.3 Å². The molecule has 1 aliphatic heterocycles. The molecule has 8 heteroatoms. The minimum Gasteiger partial charge on any atom is -0.379 e. The van der Waals surface area contributed by atoms with Crippen LogP contribution in [0, 0.1) is 0 Å². The summed E-state index contributed by atoms with van der Waals surface area (Å²) in [6.07, 6.45) is 3.88. The monoisotopic (exact) mass is 358 g/mol. The van der Waals surface area contributed by atoms with Gasteiger partial charge in [0.1, 0.15) is 10.7 Å². The summed E-state index contributed by atoms with van der Waals surface area (Å²) in [4.78, 5) is 18.8. The van der Waals surface area contributed by atoms with Crippen LogP contribution in [-0.2, 0) is 4.74 Å². The summed E-state index contributed by atoms with van der Waals surface area (Å²) in [5.41, 5.74) is 6.57. The highest BCUT2D eigenvalue weighted by atomic mass is 32.2. The molecule has 130 valence electrons. The standard InChI is InChI=1S/C15H26N4O2S2/c1-22-10-3-12(16)15-18-13(11-23-15)14(20)17-4-2-5-19-6-8-21-9-7-19/h11-12H,2-10,16H2,1H3,(H,17,20). The maximum Gasteiger partial charge on any atom is 0.270 e. The Bertz CT molecular complexity index is 478. The van der Waals surface area contributed by atoms with Crippen LogP contribution in [0.4, 0.5) is 0 Å². The van der Waals surface area contributed by atoms with Gasteiger partial charge in [0.15, 0.2) is 0 Å². The van der Waals surface area contributed by atoms with E-state index < -0.39 is 0 Å². The molecule has 0 bridgehead atoms. The van der Waals surface area contributed by atoms with Gasteiger partial charge < -0.3 is 15.8 Å². The molecule has 23 heavy (non-hydrogen) atoms. The van der Waals surface area contributed by atoms with Crippen molar-refractivity contribution in [2.75, 3.05) is 51.4 Å². The van der Waals surface area contributed by atoms with E-state index in [0.717, 1.165) is 56.5 Å². The lowest BCUT2D eigenvalue weighted by molar-refractivity contribution is 0.0374. The fourth-order valence-electron chi connectivity index (χ4n) is 2.35. The van der Waals surface area contributed by atoms with Gasteiger partial charge in [-0.2, -0.15) is 11.8 Å². The van der Waals surface area contributed by atoms with E-state index in [4.69, 9.17) is 10.5 Å². The lowest BCUT2D eigenvalue weighted by atomic mass is 10.2. The number of carbonyl (C=O) groups excluding carboxylic acids is 1. The Labute approximate surface area is 146 Å². The lowest BCUT2D eigenvalue weighted by Gasteiger charge is -2.26. The van der Waals surface area contributed by atoms with Gasteiger partial charge in [-0.1, -0.05) is 0 Å². The number of morpholine rings is 1. The number of nitrogens with two attached hydrogens (primary N) is 1. The molecule has 0 radical (unpaired) electrons. The van der Waals surface area contributed by atoms with Crippen LogP contribution in [0.1, 0.15) is 34.4 Å². The van der Waals surface area contributed by atoms with Gasteiger partial charge in [-0.25, -0.2) is 4.98 Å². The van der Waals surface area contributed by atoms with Gasteiger partial charge in [-0.05, 0) is 31.4 Å². The molecule has 1 unspecified atom stereocenters. The quantitative estimate of drug-likeness (QED) is 0.649. The summed E-state index contributed by atoms with van der Waals surface area (Å²) in [6.45, 7) is 5.25. The number of aromatic nitrogens is 1. The molecule has 1 aromatic heterocycles. The first kappa shape index (κ1) is 18.7. The second-order valence-corrected chi connectivity index (χ2v) is 7.40. The van der Waals surface area contributed by atoms with Crippen LogP contribution < -0.4 is 11.1 Å². The molecule has 1 aromatic rings. The number of rotatable bonds is 9. The largest absolute Gasteiger partial charge is 0.379 e. The SMILES string of the molecule is CSCCC(N)c1nc(C(=O)NCCCN2CCOCC2)cs1. The number of ether oxygens (including phenoxy) is 1. The summed E-state index contributed by atoms with van der Waals surface area (Å²) >= 11 is 3.24. The van der Waals surface area contributed by atoms with Crippen LogP contribution in [0.2, 0.25) is 0 Å². The van der Waals surface area contributed by atoms with E-state index in [1.54, 1.807) is 17.1 Å². The van der Waals surface area contributed by atoms with Crippen LogP contribution in [0.5, 0.6) is 0 Å². The van der Waals surface area contributed by atoms with Gasteiger partial charge >= 0.3 is 0 Å². The second kappa shape index (κ2) is 10.2. The van der Waals surface area contributed by atoms with Crippen LogP contribution in [0.25, 0.3) is 0 Å². The van der Waals surface area contributed by atoms with Crippen LogP contribution in [0.3, 0.4) is 0 Å². The fourth-order valence-corrected chi connectivity index (χ4v) is 3.68. The molecule has 1 amide bonds. The topological polar surface area (TPSA) is 80.5 Å². The number of nitrogens with one attached hydrogen (secondary N) is 1. The number of hydrogen-bond acceptors (Lipinski definition) is 7. The average Bonchev–Trinajstić information content (AvgIpc) is 3.07. The Balaban J connectivity index is 1.68. The predicted molar refractivity (Wildman–Crippen MR) is 96.3 cm³/mol. The second-order valence-electron chi connectivity index (χ2n) is 5.52. The third-order valence-electron chi connectivity index (χ3n) is 3.75. The van der Waals surface area contributed by atoms with E-state index in [1.807, 2.05) is 0 Å². The maximum absolute atomic E-state index is 12.1. The zero-order chi connectivity index (χ0) is 16.5. The molecule has 1 aliphatic rings. The minimum atomic E-state index is -0.105. The Hall–Kier alpha value is -0.670. The van der Waals surface area contributed by atoms with Crippen molar-refractivity contribution in [3.05, 3.63) is 16.1 Å². The van der Waals surface area contributed by atoms with E-state index in [2.05, 4.69) is 21.5 Å². The lowest BCUT2D eigenvalue weighted by Crippen LogP contribution is -2.38. The number of nitrogens with zero attached hydrogens (tertiary/aromatic N) is 2. The molecular weight excluding hydrogens is 332 g/mol. The normalized spacial score (nSPS) is 17.1. The van der Waals surface area contributed by atoms with Crippen molar-refractivity contribution in [2.24, 2.45) is 5.73 Å². The zero-order valence-corrected chi connectivity index (χ0v) is 15.3. The number of thioether (sulfide) groups is 1. The molecule has 3 N–H and O–H groups in total. The van der Waals surface area contributed by atoms with Crippen molar-refractivity contribution >= 4 is 29.0 Å². The Kier molecular flexibility index (Phi) is 8.32. The van der Waals surface area contributed by atoms with Crippen molar-refractivity contribution < 1.29 is 9.53 Å². The molecule has 0 aliphatic carbocycles. The van der Waals surface area contributed by atoms with Gasteiger partial charge in [-0.3, -0.25) is 9.69 Å². The van der Waals surface area contributed by atoms with E-state index in [-0.39, 0.29) is 11.9 Å². The van der Waals surface area contributed by atoms with E-state index in [0.29, 0.717) is 12.2 Å². The molecule has 1 fully saturated rings. The molecule has 1 atom stereocenters. The first-order valence-electron chi connectivity index (χ1n) is 7.99. The van der Waals surface area contributed by atoms with Crippen LogP contribution in [-0.4, -0.2) is 67.2 Å². The predicted octanol–water partition coefficient (Wildman–Crippen LogP) is 1.35. The first-order valence-corrected chi connectivity index (χ1v) is 10.3.